The molecule has 2 atom stereocenters. The maximum Gasteiger partial charge on any atom is 0.351 e. The van der Waals surface area contributed by atoms with Crippen molar-refractivity contribution in [2.24, 2.45) is 21.5 Å². The monoisotopic (exact) mass is 732 g/mol. The summed E-state index contributed by atoms with van der Waals surface area (Å²) in [5, 5.41) is 0.696. The number of rotatable bonds is 8. The fraction of sp³-hybridized carbons (Fsp3) is 0.0588. The summed E-state index contributed by atoms with van der Waals surface area (Å²) in [7, 11) is 0. The van der Waals surface area contributed by atoms with E-state index in [1.807, 2.05) is 0 Å². The topological polar surface area (TPSA) is 180 Å². The van der Waals surface area contributed by atoms with Crippen molar-refractivity contribution in [3.05, 3.63) is 150 Å². The van der Waals surface area contributed by atoms with Crippen molar-refractivity contribution in [2.75, 3.05) is 0 Å². The van der Waals surface area contributed by atoms with Crippen LogP contribution in [0.25, 0.3) is 11.1 Å². The highest BCUT2D eigenvalue weighted by Gasteiger charge is 2.56. The van der Waals surface area contributed by atoms with E-state index in [0.29, 0.717) is 0 Å². The molecule has 4 aromatic rings. The fourth-order valence-corrected chi connectivity index (χ4v) is 7.13. The van der Waals surface area contributed by atoms with Crippen molar-refractivity contribution in [1.29, 1.82) is 0 Å². The average molecular weight is 734 g/mol. The van der Waals surface area contributed by atoms with Crippen molar-refractivity contribution >= 4 is 81.3 Å². The number of nitrogens with two attached hydrogens (primary N) is 2. The molecule has 2 aliphatic heterocycles. The smallest absolute Gasteiger partial charge is 0.351 e. The van der Waals surface area contributed by atoms with E-state index in [1.165, 1.54) is 73.3 Å². The quantitative estimate of drug-likeness (QED) is 0.158. The van der Waals surface area contributed by atoms with Crippen molar-refractivity contribution in [3.63, 3.8) is 0 Å². The molecular formula is C34H20Cl4N6O5. The lowest BCUT2D eigenvalue weighted by Gasteiger charge is -2.32. The number of carbonyl (C=O) groups excluding carboxylic acids is 4. The lowest BCUT2D eigenvalue weighted by atomic mass is 9.78. The van der Waals surface area contributed by atoms with Gasteiger partial charge in [-0.2, -0.15) is 0 Å². The van der Waals surface area contributed by atoms with Gasteiger partial charge in [0, 0.05) is 67.6 Å². The number of nitrogens with zero attached hydrogens (tertiary/aromatic N) is 4. The molecule has 0 saturated carbocycles. The van der Waals surface area contributed by atoms with Gasteiger partial charge in [-0.1, -0.05) is 59.6 Å². The van der Waals surface area contributed by atoms with Gasteiger partial charge in [0.2, 0.25) is 22.9 Å². The molecule has 0 bridgehead atoms. The normalized spacial score (nSPS) is 18.9. The number of esters is 2. The molecular weight excluding hydrogens is 714 g/mol. The minimum Gasteiger partial charge on any atom is -0.388 e. The summed E-state index contributed by atoms with van der Waals surface area (Å²) in [6, 6.07) is 11.3. The first-order valence-corrected chi connectivity index (χ1v) is 15.5. The molecule has 2 aromatic heterocycles. The summed E-state index contributed by atoms with van der Waals surface area (Å²) >= 11 is 25.8. The number of hydrogen-bond acceptors (Lipinski definition) is 9. The van der Waals surface area contributed by atoms with E-state index in [4.69, 9.17) is 62.6 Å². The summed E-state index contributed by atoms with van der Waals surface area (Å²) in [5.74, 6) is -4.68. The van der Waals surface area contributed by atoms with Gasteiger partial charge < -0.3 is 16.2 Å². The van der Waals surface area contributed by atoms with Gasteiger partial charge in [0.15, 0.2) is 0 Å². The molecule has 15 heteroatoms. The Labute approximate surface area is 296 Å². The van der Waals surface area contributed by atoms with Gasteiger partial charge in [-0.3, -0.25) is 29.5 Å². The Morgan fingerprint density at radius 2 is 0.959 bits per heavy atom. The second-order valence-corrected chi connectivity index (χ2v) is 12.5. The number of primary amides is 2. The third kappa shape index (κ3) is 5.22. The number of hydrogen-bond donors (Lipinski definition) is 2. The number of aromatic nitrogens is 2. The van der Waals surface area contributed by atoms with Gasteiger partial charge in [0.25, 0.3) is 0 Å². The molecule has 0 spiro atoms. The molecule has 0 fully saturated rings. The molecule has 2 aromatic carbocycles. The SMILES string of the molecule is C=C(C(N)=O)C1=c2c(Cl)cc(Cl)cc2=NC1(C(=O)OC(=O)C1(c2ccncc2)N=c2cc(Cl)cc(Cl)c2=C1C(=C)C(N)=O)c1ccncc1. The first-order chi connectivity index (χ1) is 23.2. The maximum absolute atomic E-state index is 14.8. The Bertz CT molecular complexity index is 2290. The predicted octanol–water partition coefficient (Wildman–Crippen LogP) is 2.30. The lowest BCUT2D eigenvalue weighted by Crippen LogP contribution is -2.45. The van der Waals surface area contributed by atoms with Gasteiger partial charge >= 0.3 is 11.9 Å². The molecule has 4 heterocycles. The molecule has 49 heavy (non-hydrogen) atoms. The number of pyridine rings is 2. The summed E-state index contributed by atoms with van der Waals surface area (Å²) < 4.78 is 5.77. The lowest BCUT2D eigenvalue weighted by molar-refractivity contribution is -0.165. The Morgan fingerprint density at radius 1 is 0.612 bits per heavy atom. The van der Waals surface area contributed by atoms with E-state index >= 15 is 0 Å². The Balaban J connectivity index is 1.65. The maximum atomic E-state index is 14.8. The summed E-state index contributed by atoms with van der Waals surface area (Å²) in [6.07, 6.45) is 5.44. The molecule has 2 aliphatic rings. The van der Waals surface area contributed by atoms with Crippen molar-refractivity contribution in [1.82, 2.24) is 9.97 Å². The van der Waals surface area contributed by atoms with Crippen LogP contribution >= 0.6 is 46.4 Å². The Hall–Kier alpha value is -5.20. The number of carbonyl (C=O) groups is 4. The van der Waals surface area contributed by atoms with E-state index < -0.39 is 34.8 Å². The van der Waals surface area contributed by atoms with Crippen LogP contribution in [0.1, 0.15) is 11.1 Å². The van der Waals surface area contributed by atoms with Crippen LogP contribution in [-0.4, -0.2) is 33.7 Å². The predicted molar refractivity (Wildman–Crippen MR) is 181 cm³/mol. The summed E-state index contributed by atoms with van der Waals surface area (Å²) in [4.78, 5) is 72.5. The standard InChI is InChI=1S/C34H20Cl4N6O5/c1-15(29(39)45)27-25-21(37)11-19(35)13-23(25)43-33(27,17-3-7-41-8-4-17)31(47)49-32(48)34(18-5-9-42-10-6-18)28(16(2)30(40)46)26-22(38)12-20(36)14-24(26)44-34/h3-14H,1-2H2,(H2,39,45)(H2,40,46). The first kappa shape index (κ1) is 33.7. The van der Waals surface area contributed by atoms with Crippen LogP contribution in [0.3, 0.4) is 0 Å². The Kier molecular flexibility index (Phi) is 8.49. The third-order valence-corrected chi connectivity index (χ3v) is 9.07. The minimum atomic E-state index is -2.31. The van der Waals surface area contributed by atoms with Crippen LogP contribution in [0.5, 0.6) is 0 Å². The van der Waals surface area contributed by atoms with E-state index in [0.717, 1.165) is 0 Å². The number of halogens is 4. The Morgan fingerprint density at radius 3 is 1.29 bits per heavy atom. The highest BCUT2D eigenvalue weighted by Crippen LogP contribution is 2.45. The van der Waals surface area contributed by atoms with Gasteiger partial charge in [0.1, 0.15) is 0 Å². The first-order valence-electron chi connectivity index (χ1n) is 14.0. The largest absolute Gasteiger partial charge is 0.388 e. The van der Waals surface area contributed by atoms with Crippen LogP contribution in [0.15, 0.2) is 108 Å². The minimum absolute atomic E-state index is 0.00750. The third-order valence-electron chi connectivity index (χ3n) is 8.04. The number of amides is 2. The van der Waals surface area contributed by atoms with Crippen LogP contribution < -0.4 is 32.6 Å². The molecule has 2 unspecified atom stereocenters. The molecule has 0 saturated heterocycles. The van der Waals surface area contributed by atoms with Gasteiger partial charge in [-0.25, -0.2) is 9.59 Å². The van der Waals surface area contributed by atoms with Gasteiger partial charge in [-0.05, 0) is 59.7 Å². The van der Waals surface area contributed by atoms with E-state index in [-0.39, 0.29) is 74.7 Å². The van der Waals surface area contributed by atoms with E-state index in [1.54, 1.807) is 0 Å². The highest BCUT2D eigenvalue weighted by molar-refractivity contribution is 6.36. The number of ether oxygens (including phenoxy) is 1. The molecule has 2 amide bonds. The molecule has 6 rings (SSSR count). The second-order valence-electron chi connectivity index (χ2n) is 10.8. The van der Waals surface area contributed by atoms with Crippen LogP contribution in [0, 0.1) is 0 Å². The average Bonchev–Trinajstić information content (AvgIpc) is 3.60. The fourth-order valence-electron chi connectivity index (χ4n) is 5.98. The molecule has 0 radical (unpaired) electrons. The van der Waals surface area contributed by atoms with Crippen LogP contribution in [0.2, 0.25) is 20.1 Å². The zero-order valence-corrected chi connectivity index (χ0v) is 27.9. The molecule has 0 aliphatic carbocycles. The van der Waals surface area contributed by atoms with Crippen LogP contribution in [0.4, 0.5) is 0 Å². The van der Waals surface area contributed by atoms with E-state index in [9.17, 15) is 19.2 Å². The van der Waals surface area contributed by atoms with Crippen molar-refractivity contribution in [3.8, 4) is 0 Å². The summed E-state index contributed by atoms with van der Waals surface area (Å²) in [6.45, 7) is 7.66. The zero-order valence-electron chi connectivity index (χ0n) is 24.8. The molecule has 4 N–H and O–H groups in total. The van der Waals surface area contributed by atoms with Gasteiger partial charge in [0.05, 0.1) is 20.8 Å². The van der Waals surface area contributed by atoms with Crippen molar-refractivity contribution in [2.45, 2.75) is 11.1 Å². The van der Waals surface area contributed by atoms with Crippen molar-refractivity contribution < 1.29 is 23.9 Å². The second kappa shape index (κ2) is 12.4. The highest BCUT2D eigenvalue weighted by atomic mass is 35.5. The zero-order chi connectivity index (χ0) is 35.4. The van der Waals surface area contributed by atoms with Crippen LogP contribution in [-0.2, 0) is 35.0 Å². The van der Waals surface area contributed by atoms with E-state index in [2.05, 4.69) is 33.1 Å². The van der Waals surface area contributed by atoms with Gasteiger partial charge in [-0.15, -0.1) is 0 Å². The molecule has 244 valence electrons. The number of fused-ring (bicyclic) bond motifs is 2. The summed E-state index contributed by atoms with van der Waals surface area (Å²) in [5.41, 5.74) is 5.95. The number of benzene rings is 2. The molecule has 11 nitrogen and oxygen atoms in total.